The maximum atomic E-state index is 13.3. The molecule has 94 valence electrons. The van der Waals surface area contributed by atoms with Crippen LogP contribution in [0.15, 0.2) is 42.5 Å². The van der Waals surface area contributed by atoms with Crippen LogP contribution in [0.1, 0.15) is 15.9 Å². The maximum absolute atomic E-state index is 13.3. The van der Waals surface area contributed by atoms with Crippen molar-refractivity contribution in [1.29, 1.82) is 0 Å². The van der Waals surface area contributed by atoms with Gasteiger partial charge in [0.2, 0.25) is 0 Å². The van der Waals surface area contributed by atoms with Crippen LogP contribution >= 0.6 is 0 Å². The monoisotopic (exact) mass is 253 g/mol. The van der Waals surface area contributed by atoms with Crippen molar-refractivity contribution >= 4 is 17.2 Å². The summed E-state index contributed by atoms with van der Waals surface area (Å²) >= 11 is 0. The molecular weight excluding hydrogens is 241 g/mol. The van der Waals surface area contributed by atoms with Gasteiger partial charge in [-0.25, -0.2) is 4.39 Å². The first-order valence-electron chi connectivity index (χ1n) is 6.03. The van der Waals surface area contributed by atoms with E-state index in [-0.39, 0.29) is 5.82 Å². The lowest BCUT2D eigenvalue weighted by Gasteiger charge is -1.99. The number of para-hydroxylation sites is 1. The molecule has 19 heavy (non-hydrogen) atoms. The molecule has 0 spiro atoms. The number of carbonyl (C=O) groups excluding carboxylic acids is 1. The first-order chi connectivity index (χ1) is 9.20. The number of aromatic nitrogens is 1. The van der Waals surface area contributed by atoms with Gasteiger partial charge in [-0.1, -0.05) is 30.3 Å². The Bertz CT molecular complexity index is 774. The standard InChI is InChI=1S/C16H12FNO/c1-10-4-2-7-13-14(9-19)16(18-15(10)13)11-5-3-6-12(17)8-11/h2-9,18H,1H3. The van der Waals surface area contributed by atoms with Gasteiger partial charge in [-0.15, -0.1) is 0 Å². The van der Waals surface area contributed by atoms with Crippen LogP contribution in [0.4, 0.5) is 4.39 Å². The van der Waals surface area contributed by atoms with E-state index in [1.807, 2.05) is 25.1 Å². The fourth-order valence-corrected chi connectivity index (χ4v) is 2.38. The summed E-state index contributed by atoms with van der Waals surface area (Å²) in [5.74, 6) is -0.315. The highest BCUT2D eigenvalue weighted by Gasteiger charge is 2.13. The van der Waals surface area contributed by atoms with E-state index in [0.717, 1.165) is 22.8 Å². The Balaban J connectivity index is 2.35. The number of aromatic amines is 1. The van der Waals surface area contributed by atoms with E-state index in [4.69, 9.17) is 0 Å². The first-order valence-corrected chi connectivity index (χ1v) is 6.03. The number of hydrogen-bond acceptors (Lipinski definition) is 1. The highest BCUT2D eigenvalue weighted by molar-refractivity contribution is 6.05. The number of nitrogens with one attached hydrogen (secondary N) is 1. The van der Waals surface area contributed by atoms with Gasteiger partial charge in [0.25, 0.3) is 0 Å². The summed E-state index contributed by atoms with van der Waals surface area (Å²) in [5.41, 5.74) is 3.90. The number of H-pyrrole nitrogens is 1. The fraction of sp³-hybridized carbons (Fsp3) is 0.0625. The molecule has 0 fully saturated rings. The van der Waals surface area contributed by atoms with Crippen LogP contribution in [0, 0.1) is 12.7 Å². The van der Waals surface area contributed by atoms with Crippen LogP contribution in [0.5, 0.6) is 0 Å². The molecular formula is C16H12FNO. The highest BCUT2D eigenvalue weighted by atomic mass is 19.1. The Hall–Kier alpha value is -2.42. The summed E-state index contributed by atoms with van der Waals surface area (Å²) in [5, 5.41) is 0.870. The zero-order valence-electron chi connectivity index (χ0n) is 10.4. The van der Waals surface area contributed by atoms with Crippen molar-refractivity contribution in [2.24, 2.45) is 0 Å². The van der Waals surface area contributed by atoms with Gasteiger partial charge >= 0.3 is 0 Å². The second-order valence-electron chi connectivity index (χ2n) is 4.54. The number of rotatable bonds is 2. The fourth-order valence-electron chi connectivity index (χ4n) is 2.38. The molecule has 0 bridgehead atoms. The molecule has 3 aromatic rings. The zero-order valence-corrected chi connectivity index (χ0v) is 10.4. The summed E-state index contributed by atoms with van der Waals surface area (Å²) in [4.78, 5) is 14.6. The summed E-state index contributed by atoms with van der Waals surface area (Å²) in [6.45, 7) is 1.97. The van der Waals surface area contributed by atoms with Crippen molar-refractivity contribution in [2.75, 3.05) is 0 Å². The molecule has 2 aromatic carbocycles. The number of carbonyl (C=O) groups is 1. The van der Waals surface area contributed by atoms with Crippen LogP contribution in [0.25, 0.3) is 22.2 Å². The molecule has 0 amide bonds. The third-order valence-electron chi connectivity index (χ3n) is 3.31. The molecule has 0 aliphatic carbocycles. The minimum Gasteiger partial charge on any atom is -0.354 e. The van der Waals surface area contributed by atoms with Crippen molar-refractivity contribution in [3.05, 3.63) is 59.4 Å². The Kier molecular flexibility index (Phi) is 2.67. The normalized spacial score (nSPS) is 10.8. The number of benzene rings is 2. The van der Waals surface area contributed by atoms with Crippen LogP contribution in [0.3, 0.4) is 0 Å². The van der Waals surface area contributed by atoms with Crippen LogP contribution in [-0.2, 0) is 0 Å². The lowest BCUT2D eigenvalue weighted by molar-refractivity contribution is 0.112. The highest BCUT2D eigenvalue weighted by Crippen LogP contribution is 2.30. The molecule has 0 unspecified atom stereocenters. The molecule has 0 saturated heterocycles. The average Bonchev–Trinajstić information content (AvgIpc) is 2.79. The first kappa shape index (κ1) is 11.7. The van der Waals surface area contributed by atoms with E-state index in [0.29, 0.717) is 16.8 Å². The smallest absolute Gasteiger partial charge is 0.152 e. The molecule has 1 N–H and O–H groups in total. The number of aldehydes is 1. The van der Waals surface area contributed by atoms with Gasteiger partial charge in [-0.05, 0) is 24.6 Å². The van der Waals surface area contributed by atoms with Gasteiger partial charge in [0, 0.05) is 22.0 Å². The minimum atomic E-state index is -0.315. The Morgan fingerprint density at radius 3 is 2.68 bits per heavy atom. The van der Waals surface area contributed by atoms with Gasteiger partial charge < -0.3 is 4.98 Å². The molecule has 1 aromatic heterocycles. The van der Waals surface area contributed by atoms with Crippen LogP contribution < -0.4 is 0 Å². The van der Waals surface area contributed by atoms with Crippen LogP contribution in [0.2, 0.25) is 0 Å². The third kappa shape index (κ3) is 1.83. The van der Waals surface area contributed by atoms with E-state index in [1.165, 1.54) is 12.1 Å². The Morgan fingerprint density at radius 1 is 1.16 bits per heavy atom. The lowest BCUT2D eigenvalue weighted by atomic mass is 10.1. The Morgan fingerprint density at radius 2 is 1.95 bits per heavy atom. The topological polar surface area (TPSA) is 32.9 Å². The van der Waals surface area contributed by atoms with Gasteiger partial charge in [0.05, 0.1) is 5.69 Å². The van der Waals surface area contributed by atoms with E-state index < -0.39 is 0 Å². The molecule has 1 heterocycles. The third-order valence-corrected chi connectivity index (χ3v) is 3.31. The van der Waals surface area contributed by atoms with Crippen LogP contribution in [-0.4, -0.2) is 11.3 Å². The second-order valence-corrected chi connectivity index (χ2v) is 4.54. The zero-order chi connectivity index (χ0) is 13.4. The summed E-state index contributed by atoms with van der Waals surface area (Å²) in [7, 11) is 0. The van der Waals surface area contributed by atoms with Gasteiger partial charge in [-0.2, -0.15) is 0 Å². The van der Waals surface area contributed by atoms with Gasteiger partial charge in [0.15, 0.2) is 6.29 Å². The predicted octanol–water partition coefficient (Wildman–Crippen LogP) is 4.09. The van der Waals surface area contributed by atoms with E-state index in [2.05, 4.69) is 4.98 Å². The molecule has 2 nitrogen and oxygen atoms in total. The summed E-state index contributed by atoms with van der Waals surface area (Å²) < 4.78 is 13.3. The molecule has 0 radical (unpaired) electrons. The number of halogens is 1. The minimum absolute atomic E-state index is 0.315. The van der Waals surface area contributed by atoms with Crippen molar-refractivity contribution < 1.29 is 9.18 Å². The molecule has 3 rings (SSSR count). The van der Waals surface area contributed by atoms with E-state index in [1.54, 1.807) is 12.1 Å². The van der Waals surface area contributed by atoms with Gasteiger partial charge in [0.1, 0.15) is 5.82 Å². The Labute approximate surface area is 109 Å². The number of aryl methyl sites for hydroxylation is 1. The largest absolute Gasteiger partial charge is 0.354 e. The summed E-state index contributed by atoms with van der Waals surface area (Å²) in [6, 6.07) is 12.0. The quantitative estimate of drug-likeness (QED) is 0.685. The lowest BCUT2D eigenvalue weighted by Crippen LogP contribution is -1.85. The number of hydrogen-bond donors (Lipinski definition) is 1. The van der Waals surface area contributed by atoms with Gasteiger partial charge in [-0.3, -0.25) is 4.79 Å². The maximum Gasteiger partial charge on any atom is 0.152 e. The van der Waals surface area contributed by atoms with Crippen molar-refractivity contribution in [3.8, 4) is 11.3 Å². The average molecular weight is 253 g/mol. The summed E-state index contributed by atoms with van der Waals surface area (Å²) in [6.07, 6.45) is 0.818. The molecule has 0 aliphatic heterocycles. The number of fused-ring (bicyclic) bond motifs is 1. The molecule has 0 atom stereocenters. The SMILES string of the molecule is Cc1cccc2c(C=O)c(-c3cccc(F)c3)[nH]c12. The van der Waals surface area contributed by atoms with Crippen molar-refractivity contribution in [2.45, 2.75) is 6.92 Å². The van der Waals surface area contributed by atoms with Crippen molar-refractivity contribution in [1.82, 2.24) is 4.98 Å². The predicted molar refractivity (Wildman–Crippen MR) is 73.8 cm³/mol. The van der Waals surface area contributed by atoms with Crippen molar-refractivity contribution in [3.63, 3.8) is 0 Å². The van der Waals surface area contributed by atoms with E-state index in [9.17, 15) is 9.18 Å². The van der Waals surface area contributed by atoms with E-state index >= 15 is 0 Å². The molecule has 0 aliphatic rings. The second kappa shape index (κ2) is 4.35. The molecule has 0 saturated carbocycles. The molecule has 3 heteroatoms.